The first-order valence-electron chi connectivity index (χ1n) is 15.2. The van der Waals surface area contributed by atoms with Crippen LogP contribution >= 0.6 is 0 Å². The second-order valence-electron chi connectivity index (χ2n) is 11.8. The first-order valence-corrected chi connectivity index (χ1v) is 17.1. The van der Waals surface area contributed by atoms with Gasteiger partial charge in [-0.1, -0.05) is 18.2 Å². The van der Waals surface area contributed by atoms with Crippen LogP contribution in [0.15, 0.2) is 60.8 Å². The molecule has 2 aromatic heterocycles. The van der Waals surface area contributed by atoms with Gasteiger partial charge in [-0.05, 0) is 69.7 Å². The molecule has 2 aliphatic rings. The van der Waals surface area contributed by atoms with E-state index in [1.807, 2.05) is 36.4 Å². The Balaban J connectivity index is 1.19. The molecule has 4 aromatic rings. The minimum Gasteiger partial charge on any atom is -0.494 e. The number of piperidine rings is 1. The van der Waals surface area contributed by atoms with Crippen molar-refractivity contribution in [3.8, 4) is 17.0 Å². The van der Waals surface area contributed by atoms with Gasteiger partial charge in [-0.25, -0.2) is 17.9 Å². The molecular weight excluding hydrogens is 576 g/mol. The number of anilines is 4. The summed E-state index contributed by atoms with van der Waals surface area (Å²) in [7, 11) is 2.01. The van der Waals surface area contributed by atoms with Gasteiger partial charge >= 0.3 is 0 Å². The fraction of sp³-hybridized carbons (Fsp3) is 0.438. The minimum atomic E-state index is -3.44. The van der Waals surface area contributed by atoms with E-state index >= 15 is 0 Å². The summed E-state index contributed by atoms with van der Waals surface area (Å²) < 4.78 is 33.5. The number of benzene rings is 2. The maximum absolute atomic E-state index is 12.3. The van der Waals surface area contributed by atoms with Gasteiger partial charge in [-0.15, -0.1) is 5.10 Å². The van der Waals surface area contributed by atoms with Gasteiger partial charge < -0.3 is 19.9 Å². The predicted molar refractivity (Wildman–Crippen MR) is 177 cm³/mol. The maximum Gasteiger partial charge on any atom is 0.245 e. The monoisotopic (exact) mass is 618 g/mol. The summed E-state index contributed by atoms with van der Waals surface area (Å²) in [6.45, 7) is 6.77. The molecule has 0 aliphatic carbocycles. The number of aromatic nitrogens is 3. The van der Waals surface area contributed by atoms with Crippen molar-refractivity contribution in [1.29, 1.82) is 0 Å². The van der Waals surface area contributed by atoms with Crippen LogP contribution in [-0.2, 0) is 10.0 Å². The number of hydrogen-bond donors (Lipinski definition) is 1. The van der Waals surface area contributed by atoms with Crippen LogP contribution in [0, 0.1) is 0 Å². The topological polar surface area (TPSA) is 98.5 Å². The first kappa shape index (κ1) is 30.2. The standard InChI is InChI=1S/C32H42N8O3S/c1-36-16-7-17-38(21-20-36)24-14-18-39(19-15-24)25-10-12-28(31(22-25)43-3)34-32-33-23-26-11-13-30(40(26)35-32)27-8-5-6-9-29(27)37(2)44(4,41)42/h5-6,8-13,22-24H,7,14-21H2,1-4H3,(H,34,35). The van der Waals surface area contributed by atoms with Gasteiger partial charge in [-0.2, -0.15) is 0 Å². The molecule has 44 heavy (non-hydrogen) atoms. The van der Waals surface area contributed by atoms with E-state index in [1.54, 1.807) is 30.9 Å². The Morgan fingerprint density at radius 1 is 0.977 bits per heavy atom. The van der Waals surface area contributed by atoms with Crippen molar-refractivity contribution >= 4 is 38.6 Å². The van der Waals surface area contributed by atoms with Crippen LogP contribution in [0.25, 0.3) is 16.8 Å². The Morgan fingerprint density at radius 2 is 1.77 bits per heavy atom. The highest BCUT2D eigenvalue weighted by molar-refractivity contribution is 7.92. The molecule has 1 N–H and O–H groups in total. The lowest BCUT2D eigenvalue weighted by molar-refractivity contribution is 0.174. The normalized spacial score (nSPS) is 17.5. The molecule has 0 bridgehead atoms. The van der Waals surface area contributed by atoms with Crippen molar-refractivity contribution < 1.29 is 13.2 Å². The molecule has 2 fully saturated rings. The highest BCUT2D eigenvalue weighted by Gasteiger charge is 2.26. The molecule has 2 saturated heterocycles. The van der Waals surface area contributed by atoms with Crippen LogP contribution in [0.4, 0.5) is 23.0 Å². The van der Waals surface area contributed by atoms with Crippen LogP contribution in [-0.4, -0.2) is 106 Å². The molecule has 2 aliphatic heterocycles. The average molecular weight is 619 g/mol. The van der Waals surface area contributed by atoms with Gasteiger partial charge in [0.25, 0.3) is 0 Å². The zero-order valence-corrected chi connectivity index (χ0v) is 26.8. The number of fused-ring (bicyclic) bond motifs is 1. The van der Waals surface area contributed by atoms with E-state index in [-0.39, 0.29) is 0 Å². The van der Waals surface area contributed by atoms with Gasteiger partial charge in [0.1, 0.15) is 5.75 Å². The number of hydrogen-bond acceptors (Lipinski definition) is 9. The van der Waals surface area contributed by atoms with Gasteiger partial charge in [0.2, 0.25) is 16.0 Å². The molecular formula is C32H42N8O3S. The molecule has 2 aromatic carbocycles. The van der Waals surface area contributed by atoms with Crippen LogP contribution in [0.3, 0.4) is 0 Å². The SMILES string of the molecule is COc1cc(N2CCC(N3CCCN(C)CC3)CC2)ccc1Nc1ncc2ccc(-c3ccccc3N(C)S(C)(=O)=O)n2n1. The number of nitrogens with zero attached hydrogens (tertiary/aromatic N) is 7. The van der Waals surface area contributed by atoms with Crippen molar-refractivity contribution in [3.05, 3.63) is 60.8 Å². The summed E-state index contributed by atoms with van der Waals surface area (Å²) in [6.07, 6.45) is 6.53. The van der Waals surface area contributed by atoms with Crippen LogP contribution < -0.4 is 19.3 Å². The number of ether oxygens (including phenoxy) is 1. The predicted octanol–water partition coefficient (Wildman–Crippen LogP) is 4.15. The largest absolute Gasteiger partial charge is 0.494 e. The first-order chi connectivity index (χ1) is 21.2. The van der Waals surface area contributed by atoms with E-state index in [2.05, 4.69) is 44.2 Å². The summed E-state index contributed by atoms with van der Waals surface area (Å²) in [4.78, 5) is 12.1. The van der Waals surface area contributed by atoms with Gasteiger partial charge in [0.15, 0.2) is 0 Å². The summed E-state index contributed by atoms with van der Waals surface area (Å²) in [5.41, 5.74) is 4.79. The van der Waals surface area contributed by atoms with Crippen LogP contribution in [0.5, 0.6) is 5.75 Å². The lowest BCUT2D eigenvalue weighted by atomic mass is 10.0. The third-order valence-electron chi connectivity index (χ3n) is 8.95. The Labute approximate surface area is 260 Å². The second-order valence-corrected chi connectivity index (χ2v) is 13.8. The number of sulfonamides is 1. The molecule has 0 spiro atoms. The smallest absolute Gasteiger partial charge is 0.245 e. The molecule has 11 nitrogen and oxygen atoms in total. The van der Waals surface area contributed by atoms with E-state index in [1.165, 1.54) is 42.9 Å². The fourth-order valence-corrected chi connectivity index (χ4v) is 6.84. The van der Waals surface area contributed by atoms with Crippen molar-refractivity contribution in [2.75, 3.05) is 81.3 Å². The van der Waals surface area contributed by atoms with E-state index in [4.69, 9.17) is 9.84 Å². The Bertz CT molecular complexity index is 1720. The summed E-state index contributed by atoms with van der Waals surface area (Å²) in [6, 6.07) is 18.1. The number of likely N-dealkylation sites (N-methyl/N-ethyl adjacent to an activating group) is 1. The second kappa shape index (κ2) is 12.6. The fourth-order valence-electron chi connectivity index (χ4n) is 6.33. The maximum atomic E-state index is 12.3. The molecule has 6 rings (SSSR count). The van der Waals surface area contributed by atoms with Crippen LogP contribution in [0.1, 0.15) is 19.3 Å². The highest BCUT2D eigenvalue weighted by atomic mass is 32.2. The lowest BCUT2D eigenvalue weighted by Gasteiger charge is -2.39. The zero-order valence-electron chi connectivity index (χ0n) is 26.0. The third-order valence-corrected chi connectivity index (χ3v) is 10.1. The summed E-state index contributed by atoms with van der Waals surface area (Å²) in [5, 5.41) is 8.11. The van der Waals surface area contributed by atoms with E-state index in [0.29, 0.717) is 17.7 Å². The van der Waals surface area contributed by atoms with Gasteiger partial charge in [0, 0.05) is 56.6 Å². The Hall–Kier alpha value is -3.87. The molecule has 0 radical (unpaired) electrons. The summed E-state index contributed by atoms with van der Waals surface area (Å²) in [5.74, 6) is 1.12. The highest BCUT2D eigenvalue weighted by Crippen LogP contribution is 2.35. The number of rotatable bonds is 8. The van der Waals surface area contributed by atoms with Crippen LogP contribution in [0.2, 0.25) is 0 Å². The molecule has 12 heteroatoms. The molecule has 0 atom stereocenters. The Kier molecular flexibility index (Phi) is 8.66. The molecule has 0 unspecified atom stereocenters. The van der Waals surface area contributed by atoms with Crippen molar-refractivity contribution in [2.45, 2.75) is 25.3 Å². The number of para-hydroxylation sites is 1. The molecule has 0 amide bonds. The number of methoxy groups -OCH3 is 1. The Morgan fingerprint density at radius 3 is 2.55 bits per heavy atom. The van der Waals surface area contributed by atoms with Gasteiger partial charge in [-0.3, -0.25) is 9.21 Å². The van der Waals surface area contributed by atoms with E-state index in [0.717, 1.165) is 60.1 Å². The number of nitrogens with one attached hydrogen (secondary N) is 1. The zero-order chi connectivity index (χ0) is 30.8. The average Bonchev–Trinajstić information content (AvgIpc) is 3.32. The van der Waals surface area contributed by atoms with Crippen molar-refractivity contribution in [1.82, 2.24) is 24.4 Å². The van der Waals surface area contributed by atoms with E-state index < -0.39 is 10.0 Å². The third kappa shape index (κ3) is 6.33. The molecule has 0 saturated carbocycles. The lowest BCUT2D eigenvalue weighted by Crippen LogP contribution is -2.46. The molecule has 4 heterocycles. The minimum absolute atomic E-state index is 0.402. The summed E-state index contributed by atoms with van der Waals surface area (Å²) >= 11 is 0. The molecule has 234 valence electrons. The van der Waals surface area contributed by atoms with E-state index in [9.17, 15) is 8.42 Å². The van der Waals surface area contributed by atoms with Crippen molar-refractivity contribution in [3.63, 3.8) is 0 Å². The quantitative estimate of drug-likeness (QED) is 0.312. The van der Waals surface area contributed by atoms with Crippen molar-refractivity contribution in [2.24, 2.45) is 0 Å². The van der Waals surface area contributed by atoms with Gasteiger partial charge in [0.05, 0.1) is 42.1 Å².